The normalized spacial score (nSPS) is 13.1. The first-order valence-electron chi connectivity index (χ1n) is 9.27. The number of amides is 1. The maximum atomic E-state index is 13.0. The van der Waals surface area contributed by atoms with Crippen LogP contribution in [-0.2, 0) is 6.54 Å². The maximum absolute atomic E-state index is 13.0. The summed E-state index contributed by atoms with van der Waals surface area (Å²) in [6.07, 6.45) is 1.41. The van der Waals surface area contributed by atoms with Gasteiger partial charge < -0.3 is 14.4 Å². The van der Waals surface area contributed by atoms with Crippen LogP contribution in [0.25, 0.3) is 10.2 Å². The van der Waals surface area contributed by atoms with Gasteiger partial charge in [-0.3, -0.25) is 4.79 Å². The van der Waals surface area contributed by atoms with E-state index in [4.69, 9.17) is 16.3 Å². The first kappa shape index (κ1) is 20.6. The molecule has 0 spiro atoms. The molecule has 1 atom stereocenters. The van der Waals surface area contributed by atoms with Gasteiger partial charge in [0.2, 0.25) is 0 Å². The number of ether oxygens (including phenoxy) is 1. The van der Waals surface area contributed by atoms with Gasteiger partial charge in [0.15, 0.2) is 4.80 Å². The zero-order valence-electron chi connectivity index (χ0n) is 15.9. The number of rotatable bonds is 7. The fraction of sp³-hybridized carbons (Fsp3) is 0.333. The number of carbonyl (C=O) groups is 1. The fourth-order valence-electron chi connectivity index (χ4n) is 2.79. The molecular weight excluding hydrogens is 396 g/mol. The van der Waals surface area contributed by atoms with Gasteiger partial charge in [-0.15, -0.1) is 0 Å². The number of aliphatic hydroxyl groups excluding tert-OH is 1. The molecule has 1 heterocycles. The second-order valence-corrected chi connectivity index (χ2v) is 8.02. The van der Waals surface area contributed by atoms with Crippen LogP contribution in [0.4, 0.5) is 0 Å². The van der Waals surface area contributed by atoms with E-state index >= 15 is 0 Å². The van der Waals surface area contributed by atoms with Gasteiger partial charge in [-0.1, -0.05) is 48.4 Å². The van der Waals surface area contributed by atoms with Crippen LogP contribution in [-0.4, -0.2) is 28.3 Å². The number of aliphatic hydroxyl groups is 1. The number of halogens is 1. The van der Waals surface area contributed by atoms with Crippen molar-refractivity contribution in [3.63, 3.8) is 0 Å². The Hall–Kier alpha value is -2.15. The van der Waals surface area contributed by atoms with E-state index < -0.39 is 12.0 Å². The molecule has 1 N–H and O–H groups in total. The average Bonchev–Trinajstić information content (AvgIpc) is 3.02. The standard InChI is InChI=1S/C21H23ClN2O3S/c1-3-4-11-24-17-7-5-6-8-19(17)28-21(24)23-20(26)16-12-15(22)9-10-18(16)27-13-14(2)25/h5-10,12,14,25H,3-4,11,13H2,1-2H3/t14-/m0/s1. The van der Waals surface area contributed by atoms with Crippen LogP contribution in [0.15, 0.2) is 47.5 Å². The molecule has 148 valence electrons. The lowest BCUT2D eigenvalue weighted by molar-refractivity contribution is 0.0981. The number of unbranched alkanes of at least 4 members (excludes halogenated alkanes) is 1. The lowest BCUT2D eigenvalue weighted by Crippen LogP contribution is -2.18. The van der Waals surface area contributed by atoms with Crippen molar-refractivity contribution in [2.75, 3.05) is 6.61 Å². The number of nitrogens with zero attached hydrogens (tertiary/aromatic N) is 2. The van der Waals surface area contributed by atoms with Crippen molar-refractivity contribution < 1.29 is 14.6 Å². The van der Waals surface area contributed by atoms with E-state index in [0.29, 0.717) is 15.6 Å². The number of aromatic nitrogens is 1. The summed E-state index contributed by atoms with van der Waals surface area (Å²) in [5.41, 5.74) is 1.36. The minimum absolute atomic E-state index is 0.0846. The Bertz CT molecular complexity index is 1040. The van der Waals surface area contributed by atoms with E-state index in [2.05, 4.69) is 16.5 Å². The van der Waals surface area contributed by atoms with Crippen LogP contribution in [0.2, 0.25) is 5.02 Å². The number of hydrogen-bond donors (Lipinski definition) is 1. The van der Waals surface area contributed by atoms with Crippen molar-refractivity contribution in [1.29, 1.82) is 0 Å². The quantitative estimate of drug-likeness (QED) is 0.607. The summed E-state index contributed by atoms with van der Waals surface area (Å²) in [4.78, 5) is 18.0. The Kier molecular flexibility index (Phi) is 6.88. The molecule has 28 heavy (non-hydrogen) atoms. The monoisotopic (exact) mass is 418 g/mol. The van der Waals surface area contributed by atoms with E-state index in [0.717, 1.165) is 29.6 Å². The van der Waals surface area contributed by atoms with Gasteiger partial charge in [0.25, 0.3) is 5.91 Å². The van der Waals surface area contributed by atoms with Gasteiger partial charge >= 0.3 is 0 Å². The number of benzene rings is 2. The topological polar surface area (TPSA) is 63.8 Å². The lowest BCUT2D eigenvalue weighted by atomic mass is 10.2. The largest absolute Gasteiger partial charge is 0.490 e. The van der Waals surface area contributed by atoms with Crippen molar-refractivity contribution in [3.8, 4) is 5.75 Å². The van der Waals surface area contributed by atoms with E-state index in [1.165, 1.54) is 11.3 Å². The van der Waals surface area contributed by atoms with E-state index in [-0.39, 0.29) is 12.2 Å². The van der Waals surface area contributed by atoms with Crippen LogP contribution in [0.1, 0.15) is 37.0 Å². The van der Waals surface area contributed by atoms with E-state index in [1.807, 2.05) is 24.3 Å². The molecule has 0 unspecified atom stereocenters. The van der Waals surface area contributed by atoms with Crippen molar-refractivity contribution in [2.24, 2.45) is 4.99 Å². The van der Waals surface area contributed by atoms with E-state index in [9.17, 15) is 9.90 Å². The minimum atomic E-state index is -0.644. The molecule has 0 aliphatic carbocycles. The van der Waals surface area contributed by atoms with Gasteiger partial charge in [-0.2, -0.15) is 4.99 Å². The van der Waals surface area contributed by atoms with Crippen molar-refractivity contribution in [2.45, 2.75) is 39.3 Å². The van der Waals surface area contributed by atoms with Gasteiger partial charge in [-0.25, -0.2) is 0 Å². The summed E-state index contributed by atoms with van der Waals surface area (Å²) in [5, 5.41) is 9.90. The number of thiazole rings is 1. The van der Waals surface area contributed by atoms with Crippen LogP contribution in [0.3, 0.4) is 0 Å². The molecule has 0 aliphatic rings. The number of aryl methyl sites for hydroxylation is 1. The second-order valence-electron chi connectivity index (χ2n) is 6.58. The maximum Gasteiger partial charge on any atom is 0.283 e. The first-order valence-corrected chi connectivity index (χ1v) is 10.5. The highest BCUT2D eigenvalue weighted by Gasteiger charge is 2.15. The SMILES string of the molecule is CCCCn1c(=NC(=O)c2cc(Cl)ccc2OC[C@H](C)O)sc2ccccc21. The van der Waals surface area contributed by atoms with Gasteiger partial charge in [0, 0.05) is 11.6 Å². The van der Waals surface area contributed by atoms with Gasteiger partial charge in [0.1, 0.15) is 12.4 Å². The van der Waals surface area contributed by atoms with Gasteiger partial charge in [0.05, 0.1) is 21.9 Å². The Morgan fingerprint density at radius 1 is 1.32 bits per heavy atom. The Labute approximate surface area is 172 Å². The molecule has 3 rings (SSSR count). The van der Waals surface area contributed by atoms with Crippen molar-refractivity contribution in [1.82, 2.24) is 4.57 Å². The Balaban J connectivity index is 2.04. The Morgan fingerprint density at radius 2 is 2.11 bits per heavy atom. The third-order valence-electron chi connectivity index (χ3n) is 4.17. The van der Waals surface area contributed by atoms with E-state index in [1.54, 1.807) is 25.1 Å². The summed E-state index contributed by atoms with van der Waals surface area (Å²) in [6, 6.07) is 12.9. The van der Waals surface area contributed by atoms with Crippen molar-refractivity contribution in [3.05, 3.63) is 57.9 Å². The third-order valence-corrected chi connectivity index (χ3v) is 5.47. The predicted octanol–water partition coefficient (Wildman–Crippen LogP) is 4.66. The highest BCUT2D eigenvalue weighted by atomic mass is 35.5. The molecule has 0 aliphatic heterocycles. The molecule has 0 bridgehead atoms. The lowest BCUT2D eigenvalue weighted by Gasteiger charge is -2.11. The van der Waals surface area contributed by atoms with Gasteiger partial charge in [-0.05, 0) is 43.7 Å². The summed E-state index contributed by atoms with van der Waals surface area (Å²) in [6.45, 7) is 4.64. The zero-order chi connectivity index (χ0) is 20.1. The third kappa shape index (κ3) is 4.82. The number of carbonyl (C=O) groups excluding carboxylic acids is 1. The molecule has 5 nitrogen and oxygen atoms in total. The second kappa shape index (κ2) is 9.37. The average molecular weight is 419 g/mol. The number of fused-ring (bicyclic) bond motifs is 1. The molecule has 0 radical (unpaired) electrons. The van der Waals surface area contributed by atoms with Crippen LogP contribution in [0.5, 0.6) is 5.75 Å². The predicted molar refractivity (Wildman–Crippen MR) is 113 cm³/mol. The zero-order valence-corrected chi connectivity index (χ0v) is 17.5. The number of hydrogen-bond acceptors (Lipinski definition) is 4. The van der Waals surface area contributed by atoms with Crippen LogP contribution < -0.4 is 9.54 Å². The molecule has 2 aromatic carbocycles. The molecule has 0 saturated carbocycles. The summed E-state index contributed by atoms with van der Waals surface area (Å²) >= 11 is 7.58. The summed E-state index contributed by atoms with van der Waals surface area (Å²) < 4.78 is 8.74. The first-order chi connectivity index (χ1) is 13.5. The number of para-hydroxylation sites is 1. The smallest absolute Gasteiger partial charge is 0.283 e. The summed E-state index contributed by atoms with van der Waals surface area (Å²) in [5.74, 6) is -0.0554. The highest BCUT2D eigenvalue weighted by molar-refractivity contribution is 7.16. The molecule has 1 aromatic heterocycles. The molecular formula is C21H23ClN2O3S. The Morgan fingerprint density at radius 3 is 2.86 bits per heavy atom. The molecule has 0 saturated heterocycles. The molecule has 1 amide bonds. The van der Waals surface area contributed by atoms with Crippen LogP contribution >= 0.6 is 22.9 Å². The molecule has 3 aromatic rings. The molecule has 7 heteroatoms. The van der Waals surface area contributed by atoms with Crippen LogP contribution in [0, 0.1) is 0 Å². The highest BCUT2D eigenvalue weighted by Crippen LogP contribution is 2.24. The van der Waals surface area contributed by atoms with Crippen molar-refractivity contribution >= 4 is 39.1 Å². The summed E-state index contributed by atoms with van der Waals surface area (Å²) in [7, 11) is 0. The molecule has 0 fully saturated rings. The fourth-order valence-corrected chi connectivity index (χ4v) is 4.02. The minimum Gasteiger partial charge on any atom is -0.490 e.